The number of hydrazone groups is 1. The van der Waals surface area contributed by atoms with Crippen LogP contribution in [-0.2, 0) is 4.79 Å². The quantitative estimate of drug-likeness (QED) is 0.225. The Morgan fingerprint density at radius 1 is 1.03 bits per heavy atom. The van der Waals surface area contributed by atoms with Gasteiger partial charge >= 0.3 is 0 Å². The van der Waals surface area contributed by atoms with Crippen LogP contribution in [-0.4, -0.2) is 51.8 Å². The molecule has 0 bridgehead atoms. The average Bonchev–Trinajstić information content (AvgIpc) is 3.32. The standard InChI is InChI=1S/C24H22N6O3S/c1-32-20-9-5-18(6-10-20)23-28-29-24(30(23)19-7-11-21(33-2)12-8-19)34-16-22(31)27-26-15-17-4-3-13-25-14-17/h3-15H,16H2,1-2H3,(H,27,31)/b26-15-. The van der Waals surface area contributed by atoms with Crippen LogP contribution in [0.4, 0.5) is 0 Å². The number of methoxy groups -OCH3 is 2. The van der Waals surface area contributed by atoms with Gasteiger partial charge in [-0.25, -0.2) is 5.43 Å². The maximum Gasteiger partial charge on any atom is 0.250 e. The third-order valence-corrected chi connectivity index (χ3v) is 5.66. The topological polar surface area (TPSA) is 104 Å². The van der Waals surface area contributed by atoms with Crippen molar-refractivity contribution in [1.82, 2.24) is 25.2 Å². The fourth-order valence-corrected chi connectivity index (χ4v) is 3.79. The van der Waals surface area contributed by atoms with Gasteiger partial charge in [0.15, 0.2) is 11.0 Å². The molecule has 0 atom stereocenters. The van der Waals surface area contributed by atoms with Crippen molar-refractivity contribution in [2.24, 2.45) is 5.10 Å². The molecule has 0 radical (unpaired) electrons. The Hall–Kier alpha value is -4.18. The van der Waals surface area contributed by atoms with Crippen LogP contribution < -0.4 is 14.9 Å². The van der Waals surface area contributed by atoms with Gasteiger partial charge in [-0.1, -0.05) is 17.8 Å². The lowest BCUT2D eigenvalue weighted by Crippen LogP contribution is -2.20. The van der Waals surface area contributed by atoms with Crippen LogP contribution in [0.5, 0.6) is 11.5 Å². The van der Waals surface area contributed by atoms with Crippen LogP contribution in [0.1, 0.15) is 5.56 Å². The zero-order chi connectivity index (χ0) is 23.8. The Morgan fingerprint density at radius 3 is 2.38 bits per heavy atom. The van der Waals surface area contributed by atoms with Crippen LogP contribution in [0.15, 0.2) is 83.3 Å². The normalized spacial score (nSPS) is 10.9. The maximum atomic E-state index is 12.3. The molecule has 2 heterocycles. The number of nitrogens with one attached hydrogen (secondary N) is 1. The van der Waals surface area contributed by atoms with E-state index in [4.69, 9.17) is 9.47 Å². The molecule has 1 amide bonds. The molecule has 0 aliphatic rings. The molecule has 0 spiro atoms. The van der Waals surface area contributed by atoms with E-state index < -0.39 is 0 Å². The summed E-state index contributed by atoms with van der Waals surface area (Å²) in [5, 5.41) is 13.3. The van der Waals surface area contributed by atoms with E-state index in [2.05, 4.69) is 25.7 Å². The Labute approximate surface area is 200 Å². The van der Waals surface area contributed by atoms with E-state index in [-0.39, 0.29) is 11.7 Å². The number of benzene rings is 2. The predicted octanol–water partition coefficient (Wildman–Crippen LogP) is 3.59. The number of rotatable bonds is 9. The SMILES string of the molecule is COc1ccc(-c2nnc(SCC(=O)N/N=C\c3cccnc3)n2-c2ccc(OC)cc2)cc1. The van der Waals surface area contributed by atoms with E-state index in [9.17, 15) is 4.79 Å². The molecule has 2 aromatic carbocycles. The van der Waals surface area contributed by atoms with Gasteiger partial charge in [-0.05, 0) is 54.6 Å². The molecule has 0 saturated heterocycles. The molecule has 2 aromatic heterocycles. The number of aromatic nitrogens is 4. The molecule has 4 aromatic rings. The lowest BCUT2D eigenvalue weighted by atomic mass is 10.2. The van der Waals surface area contributed by atoms with Crippen molar-refractivity contribution >= 4 is 23.9 Å². The molecule has 0 saturated carbocycles. The molecule has 0 aliphatic carbocycles. The number of nitrogens with zero attached hydrogens (tertiary/aromatic N) is 5. The van der Waals surface area contributed by atoms with Crippen LogP contribution >= 0.6 is 11.8 Å². The van der Waals surface area contributed by atoms with E-state index in [1.807, 2.05) is 59.2 Å². The molecular weight excluding hydrogens is 452 g/mol. The van der Waals surface area contributed by atoms with Crippen LogP contribution in [0.3, 0.4) is 0 Å². The highest BCUT2D eigenvalue weighted by molar-refractivity contribution is 7.99. The first-order valence-corrected chi connectivity index (χ1v) is 11.3. The Bertz CT molecular complexity index is 1260. The average molecular weight is 475 g/mol. The third kappa shape index (κ3) is 5.59. The fourth-order valence-electron chi connectivity index (χ4n) is 3.05. The number of carbonyl (C=O) groups is 1. The first kappa shape index (κ1) is 23.0. The van der Waals surface area contributed by atoms with Crippen molar-refractivity contribution in [2.45, 2.75) is 5.16 Å². The second kappa shape index (κ2) is 11.1. The van der Waals surface area contributed by atoms with Gasteiger partial charge in [-0.15, -0.1) is 10.2 Å². The van der Waals surface area contributed by atoms with Crippen molar-refractivity contribution in [3.05, 3.63) is 78.6 Å². The second-order valence-electron chi connectivity index (χ2n) is 6.94. The summed E-state index contributed by atoms with van der Waals surface area (Å²) in [6.45, 7) is 0. The van der Waals surface area contributed by atoms with Crippen LogP contribution in [0.25, 0.3) is 17.1 Å². The summed E-state index contributed by atoms with van der Waals surface area (Å²) < 4.78 is 12.4. The summed E-state index contributed by atoms with van der Waals surface area (Å²) in [7, 11) is 3.24. The Morgan fingerprint density at radius 2 is 1.74 bits per heavy atom. The molecule has 172 valence electrons. The van der Waals surface area contributed by atoms with Gasteiger partial charge in [0.05, 0.1) is 26.2 Å². The number of ether oxygens (including phenoxy) is 2. The summed E-state index contributed by atoms with van der Waals surface area (Å²) in [4.78, 5) is 16.3. The van der Waals surface area contributed by atoms with Gasteiger partial charge in [0.25, 0.3) is 5.91 Å². The van der Waals surface area contributed by atoms with Gasteiger partial charge < -0.3 is 9.47 Å². The van der Waals surface area contributed by atoms with Crippen molar-refractivity contribution in [3.63, 3.8) is 0 Å². The van der Waals surface area contributed by atoms with Crippen molar-refractivity contribution in [3.8, 4) is 28.6 Å². The van der Waals surface area contributed by atoms with Gasteiger partial charge in [0.2, 0.25) is 0 Å². The van der Waals surface area contributed by atoms with Crippen molar-refractivity contribution in [2.75, 3.05) is 20.0 Å². The van der Waals surface area contributed by atoms with E-state index in [0.29, 0.717) is 11.0 Å². The minimum Gasteiger partial charge on any atom is -0.497 e. The molecule has 0 aliphatic heterocycles. The van der Waals surface area contributed by atoms with E-state index in [1.165, 1.54) is 18.0 Å². The molecule has 0 fully saturated rings. The number of pyridine rings is 1. The summed E-state index contributed by atoms with van der Waals surface area (Å²) in [6.07, 6.45) is 4.87. The third-order valence-electron chi connectivity index (χ3n) is 4.73. The van der Waals surface area contributed by atoms with E-state index in [1.54, 1.807) is 32.7 Å². The van der Waals surface area contributed by atoms with Crippen molar-refractivity contribution < 1.29 is 14.3 Å². The molecule has 9 nitrogen and oxygen atoms in total. The molecular formula is C24H22N6O3S. The highest BCUT2D eigenvalue weighted by Gasteiger charge is 2.17. The number of carbonyl (C=O) groups excluding carboxylic acids is 1. The Kier molecular flexibility index (Phi) is 7.51. The smallest absolute Gasteiger partial charge is 0.250 e. The van der Waals surface area contributed by atoms with Crippen LogP contribution in [0, 0.1) is 0 Å². The zero-order valence-electron chi connectivity index (χ0n) is 18.6. The van der Waals surface area contributed by atoms with E-state index in [0.717, 1.165) is 28.3 Å². The lowest BCUT2D eigenvalue weighted by Gasteiger charge is -2.11. The van der Waals surface area contributed by atoms with Gasteiger partial charge in [0, 0.05) is 29.2 Å². The summed E-state index contributed by atoms with van der Waals surface area (Å²) in [6, 6.07) is 18.7. The molecule has 4 rings (SSSR count). The monoisotopic (exact) mass is 474 g/mol. The second-order valence-corrected chi connectivity index (χ2v) is 7.88. The van der Waals surface area contributed by atoms with Gasteiger partial charge in [-0.3, -0.25) is 14.3 Å². The molecule has 34 heavy (non-hydrogen) atoms. The maximum absolute atomic E-state index is 12.3. The fraction of sp³-hybridized carbons (Fsp3) is 0.125. The predicted molar refractivity (Wildman–Crippen MR) is 131 cm³/mol. The van der Waals surface area contributed by atoms with Crippen molar-refractivity contribution in [1.29, 1.82) is 0 Å². The molecule has 10 heteroatoms. The highest BCUT2D eigenvalue weighted by Crippen LogP contribution is 2.29. The summed E-state index contributed by atoms with van der Waals surface area (Å²) in [5.74, 6) is 1.98. The van der Waals surface area contributed by atoms with E-state index >= 15 is 0 Å². The highest BCUT2D eigenvalue weighted by atomic mass is 32.2. The largest absolute Gasteiger partial charge is 0.497 e. The summed E-state index contributed by atoms with van der Waals surface area (Å²) in [5.41, 5.74) is 5.02. The number of thioether (sulfide) groups is 1. The zero-order valence-corrected chi connectivity index (χ0v) is 19.4. The molecule has 0 unspecified atom stereocenters. The first-order valence-electron chi connectivity index (χ1n) is 10.3. The first-order chi connectivity index (χ1) is 16.7. The van der Waals surface area contributed by atoms with Gasteiger partial charge in [0.1, 0.15) is 11.5 Å². The minimum atomic E-state index is -0.264. The Balaban J connectivity index is 1.54. The van der Waals surface area contributed by atoms with Crippen LogP contribution in [0.2, 0.25) is 0 Å². The number of hydrogen-bond acceptors (Lipinski definition) is 8. The number of amides is 1. The lowest BCUT2D eigenvalue weighted by molar-refractivity contribution is -0.118. The van der Waals surface area contributed by atoms with Gasteiger partial charge in [-0.2, -0.15) is 5.10 Å². The summed E-state index contributed by atoms with van der Waals surface area (Å²) >= 11 is 1.26. The number of hydrogen-bond donors (Lipinski definition) is 1. The molecule has 1 N–H and O–H groups in total. The minimum absolute atomic E-state index is 0.112.